The first-order chi connectivity index (χ1) is 11.8. The summed E-state index contributed by atoms with van der Waals surface area (Å²) in [5.74, 6) is 0. The molecule has 25 heavy (non-hydrogen) atoms. The van der Waals surface area contributed by atoms with Gasteiger partial charge in [-0.2, -0.15) is 0 Å². The Bertz CT molecular complexity index is 539. The van der Waals surface area contributed by atoms with Crippen molar-refractivity contribution in [2.45, 2.75) is 62.6 Å². The maximum absolute atomic E-state index is 12.2. The van der Waals surface area contributed by atoms with E-state index in [-0.39, 0.29) is 19.4 Å². The lowest BCUT2D eigenvalue weighted by molar-refractivity contribution is -0.0404. The van der Waals surface area contributed by atoms with Gasteiger partial charge in [0, 0.05) is 16.9 Å². The summed E-state index contributed by atoms with van der Waals surface area (Å²) in [6.07, 6.45) is -0.961. The van der Waals surface area contributed by atoms with Crippen LogP contribution in [0.25, 0.3) is 10.4 Å². The van der Waals surface area contributed by atoms with Crippen LogP contribution in [-0.4, -0.2) is 70.3 Å². The van der Waals surface area contributed by atoms with Gasteiger partial charge >= 0.3 is 7.82 Å². The van der Waals surface area contributed by atoms with Crippen LogP contribution in [0.2, 0.25) is 0 Å². The van der Waals surface area contributed by atoms with Crippen molar-refractivity contribution < 1.29 is 32.7 Å². The van der Waals surface area contributed by atoms with Crippen molar-refractivity contribution in [3.8, 4) is 0 Å². The van der Waals surface area contributed by atoms with Gasteiger partial charge in [0.25, 0.3) is 0 Å². The third-order valence-corrected chi connectivity index (χ3v) is 4.95. The molecule has 3 unspecified atom stereocenters. The molecule has 136 valence electrons. The fourth-order valence-electron chi connectivity index (χ4n) is 2.81. The molecule has 2 rings (SSSR count). The number of phosphoric ester groups is 1. The van der Waals surface area contributed by atoms with Crippen LogP contribution in [0.1, 0.15) is 26.2 Å². The summed E-state index contributed by atoms with van der Waals surface area (Å²) < 4.78 is 38.5. The minimum absolute atomic E-state index is 0.198. The van der Waals surface area contributed by atoms with Gasteiger partial charge in [-0.25, -0.2) is 4.57 Å². The lowest BCUT2D eigenvalue weighted by atomic mass is 9.96. The molecule has 0 amide bonds. The van der Waals surface area contributed by atoms with Crippen LogP contribution in [-0.2, 0) is 27.8 Å². The summed E-state index contributed by atoms with van der Waals surface area (Å²) in [6, 6.07) is -1.14. The predicted molar refractivity (Wildman–Crippen MR) is 87.9 cm³/mol. The quantitative estimate of drug-likeness (QED) is 0.211. The van der Waals surface area contributed by atoms with Gasteiger partial charge in [-0.3, -0.25) is 9.05 Å². The van der Waals surface area contributed by atoms with E-state index in [1.54, 1.807) is 0 Å². The predicted octanol–water partition coefficient (Wildman–Crippen LogP) is 1.12. The number of phosphoric acid groups is 1. The molecule has 0 spiro atoms. The van der Waals surface area contributed by atoms with Crippen LogP contribution in [0.15, 0.2) is 5.11 Å². The molecule has 0 aromatic rings. The SMILES string of the molecule is [B][C@H]1CC(OCN=[N+]=[N-])[C@@H](COP(=O)(O)OC2C[C@H]([B])O[C@@H]2CC)O1. The van der Waals surface area contributed by atoms with Gasteiger partial charge in [-0.05, 0) is 24.8 Å². The lowest BCUT2D eigenvalue weighted by Gasteiger charge is -2.23. The number of ether oxygens (including phenoxy) is 3. The molecule has 0 aromatic heterocycles. The normalized spacial score (nSPS) is 37.5. The van der Waals surface area contributed by atoms with Crippen LogP contribution in [0.3, 0.4) is 0 Å². The summed E-state index contributed by atoms with van der Waals surface area (Å²) in [6.45, 7) is 1.40. The van der Waals surface area contributed by atoms with Crippen molar-refractivity contribution in [2.75, 3.05) is 13.3 Å². The minimum atomic E-state index is -4.34. The van der Waals surface area contributed by atoms with Crippen LogP contribution < -0.4 is 0 Å². The summed E-state index contributed by atoms with van der Waals surface area (Å²) in [4.78, 5) is 12.5. The zero-order chi connectivity index (χ0) is 18.4. The van der Waals surface area contributed by atoms with Crippen molar-refractivity contribution >= 4 is 23.5 Å². The highest BCUT2D eigenvalue weighted by molar-refractivity contribution is 7.47. The van der Waals surface area contributed by atoms with E-state index in [9.17, 15) is 9.46 Å². The fraction of sp³-hybridized carbons (Fsp3) is 1.00. The molecule has 0 saturated carbocycles. The number of nitrogens with zero attached hydrogens (tertiary/aromatic N) is 3. The highest BCUT2D eigenvalue weighted by atomic mass is 31.2. The molecule has 13 heteroatoms. The third kappa shape index (κ3) is 6.27. The number of azide groups is 1. The molecule has 2 saturated heterocycles. The topological polar surface area (TPSA) is 132 Å². The van der Waals surface area contributed by atoms with E-state index in [0.29, 0.717) is 19.3 Å². The zero-order valence-corrected chi connectivity index (χ0v) is 14.7. The highest BCUT2D eigenvalue weighted by Crippen LogP contribution is 2.48. The summed E-state index contributed by atoms with van der Waals surface area (Å²) in [5, 5.41) is 3.26. The molecular formula is C12H20B2N3O7P. The molecule has 7 atom stereocenters. The largest absolute Gasteiger partial charge is 0.472 e. The van der Waals surface area contributed by atoms with Crippen molar-refractivity contribution in [3.63, 3.8) is 0 Å². The van der Waals surface area contributed by atoms with Gasteiger partial charge in [0.15, 0.2) is 0 Å². The molecular weight excluding hydrogens is 351 g/mol. The Balaban J connectivity index is 1.85. The molecule has 0 aromatic carbocycles. The number of hydrogen-bond donors (Lipinski definition) is 1. The van der Waals surface area contributed by atoms with E-state index >= 15 is 0 Å². The Morgan fingerprint density at radius 2 is 1.92 bits per heavy atom. The van der Waals surface area contributed by atoms with Gasteiger partial charge < -0.3 is 19.1 Å². The first-order valence-corrected chi connectivity index (χ1v) is 9.44. The molecule has 1 N–H and O–H groups in total. The second-order valence-corrected chi connectivity index (χ2v) is 7.19. The van der Waals surface area contributed by atoms with Gasteiger partial charge in [0.2, 0.25) is 0 Å². The third-order valence-electron chi connectivity index (χ3n) is 3.94. The number of hydrogen-bond acceptors (Lipinski definition) is 7. The van der Waals surface area contributed by atoms with Gasteiger partial charge in [0.05, 0.1) is 24.9 Å². The Hall–Kier alpha value is -0.570. The standard InChI is InChI=1S/C12H20B2N3O7P/c1-2-7-9(4-12(14)22-7)24-25(18,19)21-5-10-8(3-11(13)23-10)20-6-16-17-15/h7-12H,2-6H2,1H3,(H,18,19)/t7-,8?,9?,10-,11-,12-/m1/s1. The van der Waals surface area contributed by atoms with Crippen molar-refractivity contribution in [3.05, 3.63) is 10.4 Å². The smallest absolute Gasteiger partial charge is 0.382 e. The molecule has 10 nitrogen and oxygen atoms in total. The Kier molecular flexibility index (Phi) is 7.79. The molecule has 2 heterocycles. The first kappa shape index (κ1) is 20.7. The lowest BCUT2D eigenvalue weighted by Crippen LogP contribution is -2.30. The molecule has 4 radical (unpaired) electrons. The van der Waals surface area contributed by atoms with Crippen LogP contribution in [0, 0.1) is 0 Å². The Morgan fingerprint density at radius 3 is 2.56 bits per heavy atom. The van der Waals surface area contributed by atoms with E-state index < -0.39 is 38.1 Å². The van der Waals surface area contributed by atoms with E-state index in [2.05, 4.69) is 10.0 Å². The van der Waals surface area contributed by atoms with E-state index in [1.807, 2.05) is 6.92 Å². The Labute approximate surface area is 148 Å². The first-order valence-electron chi connectivity index (χ1n) is 7.95. The van der Waals surface area contributed by atoms with Crippen LogP contribution in [0.5, 0.6) is 0 Å². The monoisotopic (exact) mass is 371 g/mol. The maximum Gasteiger partial charge on any atom is 0.472 e. The Morgan fingerprint density at radius 1 is 1.28 bits per heavy atom. The average molecular weight is 371 g/mol. The van der Waals surface area contributed by atoms with Gasteiger partial charge in [-0.1, -0.05) is 12.0 Å². The van der Waals surface area contributed by atoms with Crippen LogP contribution in [0.4, 0.5) is 0 Å². The summed E-state index contributed by atoms with van der Waals surface area (Å²) in [7, 11) is 7.02. The highest BCUT2D eigenvalue weighted by Gasteiger charge is 2.40. The molecule has 2 fully saturated rings. The van der Waals surface area contributed by atoms with E-state index in [1.165, 1.54) is 0 Å². The maximum atomic E-state index is 12.2. The van der Waals surface area contributed by atoms with Gasteiger partial charge in [0.1, 0.15) is 28.5 Å². The molecule has 0 bridgehead atoms. The zero-order valence-electron chi connectivity index (χ0n) is 13.8. The molecule has 2 aliphatic heterocycles. The summed E-state index contributed by atoms with van der Waals surface area (Å²) in [5.41, 5.74) is 8.26. The van der Waals surface area contributed by atoms with Crippen LogP contribution >= 0.6 is 7.82 Å². The average Bonchev–Trinajstić information content (AvgIpc) is 3.07. The van der Waals surface area contributed by atoms with Gasteiger partial charge in [-0.15, -0.1) is 0 Å². The van der Waals surface area contributed by atoms with Crippen molar-refractivity contribution in [1.29, 1.82) is 0 Å². The number of rotatable bonds is 9. The second kappa shape index (κ2) is 9.39. The van der Waals surface area contributed by atoms with Crippen molar-refractivity contribution in [2.24, 2.45) is 5.11 Å². The fourth-order valence-corrected chi connectivity index (χ4v) is 3.77. The molecule has 2 aliphatic rings. The second-order valence-electron chi connectivity index (χ2n) is 5.78. The minimum Gasteiger partial charge on any atom is -0.382 e. The summed E-state index contributed by atoms with van der Waals surface area (Å²) >= 11 is 0. The van der Waals surface area contributed by atoms with Crippen molar-refractivity contribution in [1.82, 2.24) is 0 Å². The molecule has 0 aliphatic carbocycles. The van der Waals surface area contributed by atoms with E-state index in [4.69, 9.17) is 44.5 Å². The van der Waals surface area contributed by atoms with E-state index in [0.717, 1.165) is 0 Å².